The van der Waals surface area contributed by atoms with Crippen molar-refractivity contribution < 1.29 is 4.74 Å². The summed E-state index contributed by atoms with van der Waals surface area (Å²) in [5.41, 5.74) is 3.14. The lowest BCUT2D eigenvalue weighted by Crippen LogP contribution is -1.96. The second kappa shape index (κ2) is 6.13. The van der Waals surface area contributed by atoms with Crippen molar-refractivity contribution in [2.75, 3.05) is 0 Å². The van der Waals surface area contributed by atoms with Crippen LogP contribution in [0.3, 0.4) is 0 Å². The van der Waals surface area contributed by atoms with Gasteiger partial charge in [-0.3, -0.25) is 0 Å². The molecule has 0 bridgehead atoms. The molecule has 0 aliphatic heterocycles. The van der Waals surface area contributed by atoms with Crippen molar-refractivity contribution in [1.82, 2.24) is 10.2 Å². The number of ether oxygens (including phenoxy) is 1. The summed E-state index contributed by atoms with van der Waals surface area (Å²) in [6.07, 6.45) is 0. The summed E-state index contributed by atoms with van der Waals surface area (Å²) in [4.78, 5) is 0. The van der Waals surface area contributed by atoms with Crippen LogP contribution in [0.2, 0.25) is 0 Å². The normalized spacial score (nSPS) is 10.7. The molecular formula is C21H16N2O. The molecule has 116 valence electrons. The Labute approximate surface area is 140 Å². The van der Waals surface area contributed by atoms with E-state index in [0.717, 1.165) is 27.8 Å². The number of hydrogen-bond acceptors (Lipinski definition) is 3. The molecule has 4 aromatic rings. The summed E-state index contributed by atoms with van der Waals surface area (Å²) >= 11 is 0. The maximum absolute atomic E-state index is 5.94. The first kappa shape index (κ1) is 14.4. The van der Waals surface area contributed by atoms with Crippen molar-refractivity contribution in [2.45, 2.75) is 6.92 Å². The van der Waals surface area contributed by atoms with Crippen molar-refractivity contribution in [3.05, 3.63) is 84.4 Å². The van der Waals surface area contributed by atoms with Gasteiger partial charge in [0.05, 0.1) is 0 Å². The van der Waals surface area contributed by atoms with Gasteiger partial charge in [0, 0.05) is 16.3 Å². The van der Waals surface area contributed by atoms with E-state index in [-0.39, 0.29) is 0 Å². The zero-order chi connectivity index (χ0) is 16.4. The largest absolute Gasteiger partial charge is 0.437 e. The second-order valence-electron chi connectivity index (χ2n) is 5.63. The minimum atomic E-state index is 0.522. The van der Waals surface area contributed by atoms with Gasteiger partial charge in [0.1, 0.15) is 11.4 Å². The molecule has 24 heavy (non-hydrogen) atoms. The molecule has 0 radical (unpaired) electrons. The molecule has 0 aliphatic rings. The highest BCUT2D eigenvalue weighted by atomic mass is 16.5. The van der Waals surface area contributed by atoms with Gasteiger partial charge in [0.2, 0.25) is 5.88 Å². The molecule has 0 atom stereocenters. The number of rotatable bonds is 3. The Bertz CT molecular complexity index is 997. The Hall–Kier alpha value is -3.20. The van der Waals surface area contributed by atoms with Crippen LogP contribution in [0.25, 0.3) is 22.0 Å². The van der Waals surface area contributed by atoms with Crippen LogP contribution in [-0.2, 0) is 0 Å². The summed E-state index contributed by atoms with van der Waals surface area (Å²) in [7, 11) is 0. The summed E-state index contributed by atoms with van der Waals surface area (Å²) in [5, 5.41) is 10.8. The molecule has 0 spiro atoms. The Morgan fingerprint density at radius 3 is 2.12 bits per heavy atom. The first-order valence-electron chi connectivity index (χ1n) is 7.87. The van der Waals surface area contributed by atoms with E-state index in [1.165, 1.54) is 5.56 Å². The van der Waals surface area contributed by atoms with Crippen LogP contribution in [-0.4, -0.2) is 10.2 Å². The van der Waals surface area contributed by atoms with Crippen molar-refractivity contribution in [3.63, 3.8) is 0 Å². The fraction of sp³-hybridized carbons (Fsp3) is 0.0476. The van der Waals surface area contributed by atoms with Crippen molar-refractivity contribution in [2.24, 2.45) is 0 Å². The fourth-order valence-electron chi connectivity index (χ4n) is 2.79. The zero-order valence-electron chi connectivity index (χ0n) is 13.3. The van der Waals surface area contributed by atoms with Gasteiger partial charge >= 0.3 is 0 Å². The molecule has 3 heteroatoms. The third-order valence-electron chi connectivity index (χ3n) is 4.01. The number of aryl methyl sites for hydroxylation is 1. The maximum atomic E-state index is 5.94. The molecule has 0 unspecified atom stereocenters. The Balaban J connectivity index is 1.88. The van der Waals surface area contributed by atoms with E-state index in [0.29, 0.717) is 5.88 Å². The molecule has 3 nitrogen and oxygen atoms in total. The smallest absolute Gasteiger partial charge is 0.246 e. The van der Waals surface area contributed by atoms with E-state index in [1.54, 1.807) is 0 Å². The minimum absolute atomic E-state index is 0.522. The Kier molecular flexibility index (Phi) is 3.67. The van der Waals surface area contributed by atoms with Gasteiger partial charge < -0.3 is 4.74 Å². The molecule has 4 rings (SSSR count). The van der Waals surface area contributed by atoms with E-state index in [1.807, 2.05) is 60.7 Å². The fourth-order valence-corrected chi connectivity index (χ4v) is 2.79. The number of para-hydroxylation sites is 1. The van der Waals surface area contributed by atoms with E-state index >= 15 is 0 Å². The summed E-state index contributed by atoms with van der Waals surface area (Å²) < 4.78 is 5.94. The van der Waals surface area contributed by atoms with Crippen LogP contribution in [0, 0.1) is 6.92 Å². The Morgan fingerprint density at radius 1 is 0.667 bits per heavy atom. The molecule has 1 aromatic heterocycles. The van der Waals surface area contributed by atoms with E-state index in [9.17, 15) is 0 Å². The van der Waals surface area contributed by atoms with Gasteiger partial charge in [0.15, 0.2) is 0 Å². The summed E-state index contributed by atoms with van der Waals surface area (Å²) in [5.74, 6) is 1.27. The molecule has 1 heterocycles. The lowest BCUT2D eigenvalue weighted by Gasteiger charge is -2.11. The van der Waals surface area contributed by atoms with Crippen LogP contribution in [0.4, 0.5) is 0 Å². The van der Waals surface area contributed by atoms with Crippen molar-refractivity contribution in [3.8, 4) is 22.9 Å². The highest BCUT2D eigenvalue weighted by Crippen LogP contribution is 2.33. The topological polar surface area (TPSA) is 35.0 Å². The highest BCUT2D eigenvalue weighted by Gasteiger charge is 2.13. The van der Waals surface area contributed by atoms with Crippen molar-refractivity contribution >= 4 is 10.8 Å². The molecule has 0 fully saturated rings. The van der Waals surface area contributed by atoms with Gasteiger partial charge in [-0.15, -0.1) is 10.2 Å². The van der Waals surface area contributed by atoms with Crippen LogP contribution >= 0.6 is 0 Å². The third kappa shape index (κ3) is 2.61. The lowest BCUT2D eigenvalue weighted by molar-refractivity contribution is 0.462. The highest BCUT2D eigenvalue weighted by molar-refractivity contribution is 5.97. The summed E-state index contributed by atoms with van der Waals surface area (Å²) in [6, 6.07) is 25.9. The number of nitrogens with zero attached hydrogens (tertiary/aromatic N) is 2. The van der Waals surface area contributed by atoms with Crippen LogP contribution < -0.4 is 4.74 Å². The molecule has 3 aromatic carbocycles. The van der Waals surface area contributed by atoms with Crippen molar-refractivity contribution in [1.29, 1.82) is 0 Å². The monoisotopic (exact) mass is 312 g/mol. The number of aromatic nitrogens is 2. The van der Waals surface area contributed by atoms with Gasteiger partial charge in [-0.25, -0.2) is 0 Å². The molecular weight excluding hydrogens is 296 g/mol. The van der Waals surface area contributed by atoms with Gasteiger partial charge in [-0.2, -0.15) is 0 Å². The predicted octanol–water partition coefficient (Wildman–Crippen LogP) is 5.40. The second-order valence-corrected chi connectivity index (χ2v) is 5.63. The van der Waals surface area contributed by atoms with E-state index < -0.39 is 0 Å². The molecule has 0 aliphatic carbocycles. The molecule has 0 saturated carbocycles. The van der Waals surface area contributed by atoms with Gasteiger partial charge in [0.25, 0.3) is 0 Å². The maximum Gasteiger partial charge on any atom is 0.246 e. The van der Waals surface area contributed by atoms with Gasteiger partial charge in [-0.1, -0.05) is 60.7 Å². The van der Waals surface area contributed by atoms with E-state index in [4.69, 9.17) is 4.74 Å². The van der Waals surface area contributed by atoms with E-state index in [2.05, 4.69) is 35.3 Å². The minimum Gasteiger partial charge on any atom is -0.437 e. The number of hydrogen-bond donors (Lipinski definition) is 0. The third-order valence-corrected chi connectivity index (χ3v) is 4.01. The molecule has 0 amide bonds. The first-order chi connectivity index (χ1) is 11.8. The SMILES string of the molecule is Cc1ccccc1-c1nnc(Oc2ccccc2)c2ccccc12. The van der Waals surface area contributed by atoms with Crippen LogP contribution in [0.15, 0.2) is 78.9 Å². The quantitative estimate of drug-likeness (QED) is 0.508. The zero-order valence-corrected chi connectivity index (χ0v) is 13.3. The predicted molar refractivity (Wildman–Crippen MR) is 96.2 cm³/mol. The van der Waals surface area contributed by atoms with Gasteiger partial charge in [-0.05, 0) is 30.7 Å². The molecule has 0 N–H and O–H groups in total. The lowest BCUT2D eigenvalue weighted by atomic mass is 10.0. The first-order valence-corrected chi connectivity index (χ1v) is 7.87. The molecule has 0 saturated heterocycles. The summed E-state index contributed by atoms with van der Waals surface area (Å²) in [6.45, 7) is 2.08. The van der Waals surface area contributed by atoms with Crippen LogP contribution in [0.1, 0.15) is 5.56 Å². The average Bonchev–Trinajstić information content (AvgIpc) is 2.64. The average molecular weight is 312 g/mol. The standard InChI is InChI=1S/C21H16N2O/c1-15-9-5-6-12-17(15)20-18-13-7-8-14-19(18)21(23-22-20)24-16-10-3-2-4-11-16/h2-14H,1H3. The number of benzene rings is 3. The Morgan fingerprint density at radius 2 is 1.33 bits per heavy atom. The number of fused-ring (bicyclic) bond motifs is 1. The van der Waals surface area contributed by atoms with Crippen LogP contribution in [0.5, 0.6) is 11.6 Å².